The average Bonchev–Trinajstić information content (AvgIpc) is 3.65. The van der Waals surface area contributed by atoms with E-state index in [1.807, 2.05) is 13.8 Å². The first kappa shape index (κ1) is 28.4. The molecule has 1 aliphatic heterocycles. The topological polar surface area (TPSA) is 113 Å². The summed E-state index contributed by atoms with van der Waals surface area (Å²) >= 11 is 0. The Balaban J connectivity index is 0.00000210. The lowest BCUT2D eigenvalue weighted by molar-refractivity contribution is -0.274. The van der Waals surface area contributed by atoms with Crippen LogP contribution in [0.5, 0.6) is 5.75 Å². The van der Waals surface area contributed by atoms with Gasteiger partial charge in [0.05, 0.1) is 6.04 Å². The average molecular weight is 508 g/mol. The van der Waals surface area contributed by atoms with Crippen molar-refractivity contribution in [2.45, 2.75) is 58.1 Å². The predicted octanol–water partition coefficient (Wildman–Crippen LogP) is 2.98. The van der Waals surface area contributed by atoms with Gasteiger partial charge in [-0.15, -0.1) is 13.2 Å². The zero-order valence-corrected chi connectivity index (χ0v) is 20.0. The number of nitrogens with one attached hydrogen (secondary N) is 1. The maximum absolute atomic E-state index is 14.2. The fourth-order valence-electron chi connectivity index (χ4n) is 4.05. The van der Waals surface area contributed by atoms with E-state index in [4.69, 9.17) is 10.7 Å². The van der Waals surface area contributed by atoms with E-state index in [0.717, 1.165) is 25.0 Å². The molecule has 2 amide bonds. The first-order chi connectivity index (χ1) is 16.6. The van der Waals surface area contributed by atoms with Crippen LogP contribution in [0.4, 0.5) is 22.4 Å². The van der Waals surface area contributed by atoms with Crippen LogP contribution in [0, 0.1) is 11.7 Å². The van der Waals surface area contributed by atoms with Gasteiger partial charge in [0, 0.05) is 56.9 Å². The first-order valence-electron chi connectivity index (χ1n) is 11.4. The van der Waals surface area contributed by atoms with Gasteiger partial charge in [-0.3, -0.25) is 0 Å². The number of aliphatic hydroxyl groups is 1. The number of hydrogen-bond acceptors (Lipinski definition) is 6. The Morgan fingerprint density at radius 1 is 1.29 bits per heavy atom. The van der Waals surface area contributed by atoms with Crippen LogP contribution in [0.2, 0.25) is 0 Å². The number of amidine groups is 1. The van der Waals surface area contributed by atoms with Crippen molar-refractivity contribution >= 4 is 12.1 Å². The molecule has 2 aliphatic rings. The van der Waals surface area contributed by atoms with E-state index in [1.165, 1.54) is 7.05 Å². The number of amides is 2. The van der Waals surface area contributed by atoms with Crippen LogP contribution >= 0.6 is 0 Å². The van der Waals surface area contributed by atoms with Gasteiger partial charge >= 0.3 is 18.4 Å². The summed E-state index contributed by atoms with van der Waals surface area (Å²) in [6.07, 6.45) is -2.75. The third-order valence-electron chi connectivity index (χ3n) is 5.60. The second-order valence-electron chi connectivity index (χ2n) is 8.07. The summed E-state index contributed by atoms with van der Waals surface area (Å²) in [5, 5.41) is 12.4. The van der Waals surface area contributed by atoms with Crippen LogP contribution < -0.4 is 16.0 Å². The normalized spacial score (nSPS) is 20.5. The number of halogens is 4. The highest BCUT2D eigenvalue weighted by molar-refractivity contribution is 5.76. The zero-order chi connectivity index (χ0) is 26.2. The maximum atomic E-state index is 14.2. The van der Waals surface area contributed by atoms with E-state index in [0.29, 0.717) is 25.6 Å². The summed E-state index contributed by atoms with van der Waals surface area (Å²) in [6, 6.07) is 2.23. The number of urea groups is 1. The molecule has 1 aliphatic carbocycles. The number of alkyl halides is 3. The Labute approximate surface area is 201 Å². The number of hydrogen-bond donors (Lipinski definition) is 3. The van der Waals surface area contributed by atoms with Crippen molar-refractivity contribution in [1.82, 2.24) is 15.1 Å². The third kappa shape index (κ3) is 8.13. The second kappa shape index (κ2) is 12.8. The molecule has 0 aromatic heterocycles. The number of carbonyl (C=O) groups excluding carboxylic acids is 1. The molecule has 0 radical (unpaired) electrons. The summed E-state index contributed by atoms with van der Waals surface area (Å²) in [7, 11) is 1.52. The highest BCUT2D eigenvalue weighted by atomic mass is 19.4. The minimum atomic E-state index is -4.93. The molecular weight excluding hydrogens is 474 g/mol. The van der Waals surface area contributed by atoms with Gasteiger partial charge < -0.3 is 29.8 Å². The molecule has 0 spiro atoms. The van der Waals surface area contributed by atoms with E-state index in [-0.39, 0.29) is 42.7 Å². The van der Waals surface area contributed by atoms with E-state index < -0.39 is 24.0 Å². The molecule has 0 bridgehead atoms. The first-order valence-corrected chi connectivity index (χ1v) is 11.4. The van der Waals surface area contributed by atoms with E-state index >= 15 is 0 Å². The zero-order valence-electron chi connectivity index (χ0n) is 20.0. The summed E-state index contributed by atoms with van der Waals surface area (Å²) in [5.41, 5.74) is 0.0176. The molecule has 13 heteroatoms. The third-order valence-corrected chi connectivity index (χ3v) is 5.60. The van der Waals surface area contributed by atoms with Gasteiger partial charge in [0.1, 0.15) is 11.6 Å². The number of aliphatic hydroxyl groups excluding tert-OH is 1. The summed E-state index contributed by atoms with van der Waals surface area (Å²) in [6.45, 7) is 4.55. The molecule has 1 heterocycles. The molecular formula is C22H33F4N5O4. The lowest BCUT2D eigenvalue weighted by atomic mass is 9.94. The standard InChI is InChI=1S/C20H27F4N5O4.C2H6/c1-26-19(33-25)28-9-12(11-30)6-15(10-28)29(14-3-4-14)18(31)27-8-13-2-5-16(7-17(13)21)32-20(22,23)24;1-2/h2,5,7,12,14-15,30H,3-4,6,8-11,25H2,1H3,(H,27,31);1-2H3. The fourth-order valence-corrected chi connectivity index (χ4v) is 4.05. The number of likely N-dealkylation sites (tertiary alicyclic amines) is 1. The number of rotatable bonds is 6. The quantitative estimate of drug-likeness (QED) is 0.236. The smallest absolute Gasteiger partial charge is 0.406 e. The van der Waals surface area contributed by atoms with Gasteiger partial charge in [0.15, 0.2) is 0 Å². The molecule has 2 fully saturated rings. The van der Waals surface area contributed by atoms with E-state index in [9.17, 15) is 27.5 Å². The monoisotopic (exact) mass is 507 g/mol. The predicted molar refractivity (Wildman–Crippen MR) is 121 cm³/mol. The summed E-state index contributed by atoms with van der Waals surface area (Å²) in [5.74, 6) is 3.55. The molecule has 3 rings (SSSR count). The van der Waals surface area contributed by atoms with Gasteiger partial charge in [-0.25, -0.2) is 14.2 Å². The van der Waals surface area contributed by atoms with Crippen molar-refractivity contribution in [3.05, 3.63) is 29.6 Å². The van der Waals surface area contributed by atoms with Crippen LogP contribution in [-0.4, -0.2) is 72.1 Å². The number of piperidine rings is 1. The molecule has 1 aromatic carbocycles. The summed E-state index contributed by atoms with van der Waals surface area (Å²) in [4.78, 5) is 25.3. The Kier molecular flexibility index (Phi) is 10.4. The van der Waals surface area contributed by atoms with Crippen molar-refractivity contribution in [2.24, 2.45) is 16.8 Å². The largest absolute Gasteiger partial charge is 0.573 e. The van der Waals surface area contributed by atoms with Gasteiger partial charge in [0.25, 0.3) is 0 Å². The number of aliphatic imine (C=N–C) groups is 1. The molecule has 198 valence electrons. The number of carbonyl (C=O) groups is 1. The van der Waals surface area contributed by atoms with Crippen molar-refractivity contribution in [3.63, 3.8) is 0 Å². The van der Waals surface area contributed by atoms with Crippen LogP contribution in [-0.2, 0) is 11.4 Å². The van der Waals surface area contributed by atoms with Crippen molar-refractivity contribution < 1.29 is 37.0 Å². The number of ether oxygens (including phenoxy) is 1. The molecule has 1 aromatic rings. The minimum absolute atomic E-state index is 0.00233. The Morgan fingerprint density at radius 2 is 1.97 bits per heavy atom. The minimum Gasteiger partial charge on any atom is -0.406 e. The van der Waals surface area contributed by atoms with Gasteiger partial charge in [-0.1, -0.05) is 19.9 Å². The van der Waals surface area contributed by atoms with E-state index in [1.54, 1.807) is 9.80 Å². The molecule has 2 atom stereocenters. The van der Waals surface area contributed by atoms with Crippen LogP contribution in [0.15, 0.2) is 23.2 Å². The molecule has 35 heavy (non-hydrogen) atoms. The SMILES string of the molecule is CC.CN=C(ON)N1CC(CO)CC(N(C(=O)NCc2ccc(OC(F)(F)F)cc2F)C2CC2)C1. The number of benzene rings is 1. The van der Waals surface area contributed by atoms with Crippen molar-refractivity contribution in [3.8, 4) is 5.75 Å². The van der Waals surface area contributed by atoms with Crippen LogP contribution in [0.25, 0.3) is 0 Å². The molecule has 1 saturated carbocycles. The van der Waals surface area contributed by atoms with Crippen LogP contribution in [0.1, 0.15) is 38.7 Å². The Hall–Kier alpha value is -2.80. The highest BCUT2D eigenvalue weighted by Gasteiger charge is 2.41. The van der Waals surface area contributed by atoms with Gasteiger partial charge in [-0.05, 0) is 25.3 Å². The Bertz CT molecular complexity index is 867. The number of nitrogens with two attached hydrogens (primary N) is 1. The second-order valence-corrected chi connectivity index (χ2v) is 8.07. The molecule has 9 nitrogen and oxygen atoms in total. The Morgan fingerprint density at radius 3 is 2.49 bits per heavy atom. The van der Waals surface area contributed by atoms with Crippen molar-refractivity contribution in [2.75, 3.05) is 26.7 Å². The molecule has 4 N–H and O–H groups in total. The van der Waals surface area contributed by atoms with Gasteiger partial charge in [0.2, 0.25) is 0 Å². The lowest BCUT2D eigenvalue weighted by Gasteiger charge is -2.42. The maximum Gasteiger partial charge on any atom is 0.573 e. The van der Waals surface area contributed by atoms with Gasteiger partial charge in [-0.2, -0.15) is 5.90 Å². The summed E-state index contributed by atoms with van der Waals surface area (Å²) < 4.78 is 54.8. The fraction of sp³-hybridized carbons (Fsp3) is 0.636. The lowest BCUT2D eigenvalue weighted by Crippen LogP contribution is -2.57. The van der Waals surface area contributed by atoms with E-state index in [2.05, 4.69) is 15.0 Å². The molecule has 2 unspecified atom stereocenters. The highest BCUT2D eigenvalue weighted by Crippen LogP contribution is 2.33. The number of nitrogens with zero attached hydrogens (tertiary/aromatic N) is 3. The van der Waals surface area contributed by atoms with Crippen LogP contribution in [0.3, 0.4) is 0 Å². The molecule has 1 saturated heterocycles. The van der Waals surface area contributed by atoms with Crippen molar-refractivity contribution in [1.29, 1.82) is 0 Å².